The van der Waals surface area contributed by atoms with Crippen molar-refractivity contribution in [1.82, 2.24) is 0 Å². The minimum Gasteiger partial charge on any atom is -0.594 e. The average Bonchev–Trinajstić information content (AvgIpc) is 2.39. The zero-order chi connectivity index (χ0) is 13.9. The van der Waals surface area contributed by atoms with Gasteiger partial charge in [-0.3, -0.25) is 0 Å². The van der Waals surface area contributed by atoms with Gasteiger partial charge >= 0.3 is 6.18 Å². The maximum Gasteiger partial charge on any atom is 0.416 e. The largest absolute Gasteiger partial charge is 0.594 e. The molecule has 0 amide bonds. The van der Waals surface area contributed by atoms with Gasteiger partial charge in [0.1, 0.15) is 5.69 Å². The molecule has 2 aromatic rings. The second-order valence-corrected chi connectivity index (χ2v) is 3.75. The Hall–Kier alpha value is -2.37. The summed E-state index contributed by atoms with van der Waals surface area (Å²) in [6.07, 6.45) is -4.39. The molecule has 98 valence electrons. The van der Waals surface area contributed by atoms with Crippen LogP contribution in [0.1, 0.15) is 5.56 Å². The zero-order valence-electron chi connectivity index (χ0n) is 9.63. The molecule has 2 rings (SSSR count). The van der Waals surface area contributed by atoms with Gasteiger partial charge in [0, 0.05) is 17.2 Å². The first-order chi connectivity index (χ1) is 8.97. The van der Waals surface area contributed by atoms with Crippen LogP contribution in [0.25, 0.3) is 0 Å². The highest BCUT2D eigenvalue weighted by atomic mass is 19.4. The van der Waals surface area contributed by atoms with Crippen LogP contribution in [0.2, 0.25) is 0 Å². The fourth-order valence-corrected chi connectivity index (χ4v) is 1.44. The minimum absolute atomic E-state index is 0.159. The van der Waals surface area contributed by atoms with Gasteiger partial charge in [-0.1, -0.05) is 23.1 Å². The van der Waals surface area contributed by atoms with E-state index in [1.807, 2.05) is 0 Å². The molecule has 0 spiro atoms. The standard InChI is InChI=1S/C13H9F3N2O/c14-13(15,16)10-6-8-11(9-7-10)17-18(19)12-4-2-1-3-5-12/h1-9H. The van der Waals surface area contributed by atoms with Gasteiger partial charge < -0.3 is 5.21 Å². The molecule has 0 aromatic heterocycles. The van der Waals surface area contributed by atoms with Crippen LogP contribution in [0.5, 0.6) is 0 Å². The summed E-state index contributed by atoms with van der Waals surface area (Å²) >= 11 is 0. The van der Waals surface area contributed by atoms with Crippen LogP contribution in [0.4, 0.5) is 24.5 Å². The number of hydrogen-bond acceptors (Lipinski definition) is 2. The van der Waals surface area contributed by atoms with Crippen LogP contribution in [0, 0.1) is 5.21 Å². The van der Waals surface area contributed by atoms with Gasteiger partial charge in [-0.2, -0.15) is 13.2 Å². The maximum absolute atomic E-state index is 12.3. The van der Waals surface area contributed by atoms with Crippen LogP contribution in [0.15, 0.2) is 59.7 Å². The summed E-state index contributed by atoms with van der Waals surface area (Å²) in [4.78, 5) is 0.364. The second kappa shape index (κ2) is 5.09. The summed E-state index contributed by atoms with van der Waals surface area (Å²) in [5.41, 5.74) is -0.308. The summed E-state index contributed by atoms with van der Waals surface area (Å²) in [5, 5.41) is 15.3. The first-order valence-electron chi connectivity index (χ1n) is 5.38. The van der Waals surface area contributed by atoms with E-state index in [2.05, 4.69) is 5.11 Å². The molecule has 0 saturated heterocycles. The van der Waals surface area contributed by atoms with Crippen LogP contribution < -0.4 is 0 Å². The van der Waals surface area contributed by atoms with E-state index in [0.717, 1.165) is 24.3 Å². The molecule has 0 saturated carbocycles. The van der Waals surface area contributed by atoms with Crippen LogP contribution in [-0.4, -0.2) is 4.86 Å². The van der Waals surface area contributed by atoms with Crippen molar-refractivity contribution in [2.75, 3.05) is 0 Å². The van der Waals surface area contributed by atoms with Crippen LogP contribution in [-0.2, 0) is 6.18 Å². The molecule has 0 N–H and O–H groups in total. The smallest absolute Gasteiger partial charge is 0.416 e. The van der Waals surface area contributed by atoms with E-state index >= 15 is 0 Å². The Bertz CT molecular complexity index is 577. The van der Waals surface area contributed by atoms with Gasteiger partial charge in [-0.25, -0.2) is 0 Å². The third kappa shape index (κ3) is 3.31. The van der Waals surface area contributed by atoms with Gasteiger partial charge in [0.15, 0.2) is 0 Å². The van der Waals surface area contributed by atoms with E-state index in [0.29, 0.717) is 10.5 Å². The summed E-state index contributed by atoms with van der Waals surface area (Å²) in [5.74, 6) is 0. The highest BCUT2D eigenvalue weighted by Crippen LogP contribution is 2.30. The van der Waals surface area contributed by atoms with Crippen molar-refractivity contribution in [2.24, 2.45) is 5.11 Å². The molecule has 3 nitrogen and oxygen atoms in total. The zero-order valence-corrected chi connectivity index (χ0v) is 9.63. The topological polar surface area (TPSA) is 38.4 Å². The first kappa shape index (κ1) is 13.1. The van der Waals surface area contributed by atoms with Gasteiger partial charge in [0.05, 0.1) is 5.56 Å². The lowest BCUT2D eigenvalue weighted by Crippen LogP contribution is -2.03. The van der Waals surface area contributed by atoms with E-state index in [1.54, 1.807) is 30.3 Å². The van der Waals surface area contributed by atoms with Crippen molar-refractivity contribution in [1.29, 1.82) is 0 Å². The van der Waals surface area contributed by atoms with Gasteiger partial charge in [0.2, 0.25) is 5.69 Å². The molecule has 0 aliphatic heterocycles. The number of azo groups is 1. The Balaban J connectivity index is 2.24. The van der Waals surface area contributed by atoms with Crippen molar-refractivity contribution >= 4 is 11.4 Å². The number of halogens is 3. The highest BCUT2D eigenvalue weighted by molar-refractivity contribution is 5.39. The number of benzene rings is 2. The molecule has 0 atom stereocenters. The summed E-state index contributed by atoms with van der Waals surface area (Å²) in [6, 6.07) is 12.3. The monoisotopic (exact) mass is 266 g/mol. The normalized spacial score (nSPS) is 12.5. The van der Waals surface area contributed by atoms with Crippen molar-refractivity contribution in [2.45, 2.75) is 6.18 Å². The van der Waals surface area contributed by atoms with E-state index in [4.69, 9.17) is 0 Å². The molecule has 6 heteroatoms. The van der Waals surface area contributed by atoms with Crippen molar-refractivity contribution < 1.29 is 18.0 Å². The molecule has 0 aliphatic rings. The maximum atomic E-state index is 12.3. The predicted octanol–water partition coefficient (Wildman–Crippen LogP) is 4.63. The molecule has 0 aliphatic carbocycles. The van der Waals surface area contributed by atoms with Crippen molar-refractivity contribution in [3.05, 3.63) is 65.4 Å². The average molecular weight is 266 g/mol. The Morgan fingerprint density at radius 3 is 2.00 bits per heavy atom. The lowest BCUT2D eigenvalue weighted by Gasteiger charge is -2.05. The molecule has 2 aromatic carbocycles. The summed E-state index contributed by atoms with van der Waals surface area (Å²) in [7, 11) is 0. The molecular weight excluding hydrogens is 257 g/mol. The van der Waals surface area contributed by atoms with Gasteiger partial charge in [-0.05, 0) is 24.3 Å². The first-order valence-corrected chi connectivity index (χ1v) is 5.38. The molecular formula is C13H9F3N2O. The number of hydrogen-bond donors (Lipinski definition) is 0. The van der Waals surface area contributed by atoms with E-state index in [9.17, 15) is 18.4 Å². The molecule has 19 heavy (non-hydrogen) atoms. The third-order valence-corrected chi connectivity index (χ3v) is 2.38. The number of para-hydroxylation sites is 1. The van der Waals surface area contributed by atoms with Crippen molar-refractivity contribution in [3.63, 3.8) is 0 Å². The summed E-state index contributed by atoms with van der Waals surface area (Å²) in [6.45, 7) is 0. The van der Waals surface area contributed by atoms with Gasteiger partial charge in [0.25, 0.3) is 0 Å². The fraction of sp³-hybridized carbons (Fsp3) is 0.0769. The summed E-state index contributed by atoms with van der Waals surface area (Å²) < 4.78 is 37.0. The Morgan fingerprint density at radius 1 is 0.895 bits per heavy atom. The predicted molar refractivity (Wildman–Crippen MR) is 63.3 cm³/mol. The highest BCUT2D eigenvalue weighted by Gasteiger charge is 2.30. The third-order valence-electron chi connectivity index (χ3n) is 2.38. The van der Waals surface area contributed by atoms with Crippen LogP contribution in [0.3, 0.4) is 0 Å². The molecule has 0 fully saturated rings. The number of rotatable bonds is 2. The van der Waals surface area contributed by atoms with E-state index in [1.165, 1.54) is 0 Å². The van der Waals surface area contributed by atoms with E-state index < -0.39 is 11.7 Å². The second-order valence-electron chi connectivity index (χ2n) is 3.75. The Labute approximate surface area is 107 Å². The van der Waals surface area contributed by atoms with Gasteiger partial charge in [-0.15, -0.1) is 0 Å². The molecule has 0 radical (unpaired) electrons. The minimum atomic E-state index is -4.39. The molecule has 0 bridgehead atoms. The number of nitrogens with zero attached hydrogens (tertiary/aromatic N) is 2. The SMILES string of the molecule is [O-][N+](=Nc1ccc(C(F)(F)F)cc1)c1ccccc1. The Kier molecular flexibility index (Phi) is 3.50. The fourth-order valence-electron chi connectivity index (χ4n) is 1.44. The molecule has 0 unspecified atom stereocenters. The molecule has 0 heterocycles. The lowest BCUT2D eigenvalue weighted by atomic mass is 10.2. The van der Waals surface area contributed by atoms with Crippen LogP contribution >= 0.6 is 0 Å². The lowest BCUT2D eigenvalue weighted by molar-refractivity contribution is -0.435. The van der Waals surface area contributed by atoms with E-state index in [-0.39, 0.29) is 5.69 Å². The number of alkyl halides is 3. The van der Waals surface area contributed by atoms with Crippen molar-refractivity contribution in [3.8, 4) is 0 Å². The Morgan fingerprint density at radius 2 is 1.47 bits per heavy atom. The quantitative estimate of drug-likeness (QED) is 0.443.